The lowest BCUT2D eigenvalue weighted by Gasteiger charge is -2.27. The fourth-order valence-electron chi connectivity index (χ4n) is 3.58. The van der Waals surface area contributed by atoms with Gasteiger partial charge in [0, 0.05) is 23.6 Å². The molecule has 0 radical (unpaired) electrons. The first kappa shape index (κ1) is 29.3. The van der Waals surface area contributed by atoms with Gasteiger partial charge in [-0.2, -0.15) is 8.78 Å². The average molecular weight is 552 g/mol. The van der Waals surface area contributed by atoms with E-state index in [9.17, 15) is 39.5 Å². The van der Waals surface area contributed by atoms with Gasteiger partial charge in [0.1, 0.15) is 34.6 Å². The van der Waals surface area contributed by atoms with Gasteiger partial charge >= 0.3 is 6.11 Å². The molecule has 0 atom stereocenters. The van der Waals surface area contributed by atoms with E-state index in [2.05, 4.69) is 4.74 Å². The maximum absolute atomic E-state index is 14.8. The van der Waals surface area contributed by atoms with Crippen LogP contribution in [0.2, 0.25) is 0 Å². The van der Waals surface area contributed by atoms with Crippen molar-refractivity contribution < 1.29 is 53.7 Å². The number of benzene rings is 3. The minimum Gasteiger partial charge on any atom is -0.429 e. The molecule has 0 aliphatic carbocycles. The molecule has 3 aromatic carbocycles. The third-order valence-corrected chi connectivity index (χ3v) is 5.23. The normalized spacial score (nSPS) is 17.6. The molecule has 1 saturated heterocycles. The molecule has 1 aliphatic heterocycles. The zero-order valence-electron chi connectivity index (χ0n) is 20.2. The van der Waals surface area contributed by atoms with Gasteiger partial charge in [-0.25, -0.2) is 30.7 Å². The van der Waals surface area contributed by atoms with Gasteiger partial charge in [0.05, 0.1) is 18.8 Å². The molecule has 0 N–H and O–H groups in total. The second-order valence-corrected chi connectivity index (χ2v) is 8.10. The van der Waals surface area contributed by atoms with E-state index in [1.54, 1.807) is 0 Å². The van der Waals surface area contributed by atoms with Crippen LogP contribution in [0.25, 0.3) is 11.1 Å². The zero-order chi connectivity index (χ0) is 28.4. The van der Waals surface area contributed by atoms with E-state index >= 15 is 0 Å². The van der Waals surface area contributed by atoms with Crippen LogP contribution in [0.3, 0.4) is 0 Å². The van der Waals surface area contributed by atoms with E-state index < -0.39 is 75.6 Å². The summed E-state index contributed by atoms with van der Waals surface area (Å²) in [6.07, 6.45) is -5.93. The molecule has 3 aromatic rings. The number of halogens is 9. The lowest BCUT2D eigenvalue weighted by atomic mass is 9.99. The standard InChI is InChI=1S/C24H15F9O3.C2H6/c1-10-8-34-23(35-9-10)12-4-14(25)20(15(26)5-12)11-2-16(27)21(17(28)3-11)24(32,33)36-13-6-18(29)22(31)19(30)7-13;1-2/h2-7,10,23H,8-9H2,1H3;1-2H3. The van der Waals surface area contributed by atoms with Crippen LogP contribution < -0.4 is 4.74 Å². The Morgan fingerprint density at radius 3 is 1.66 bits per heavy atom. The van der Waals surface area contributed by atoms with E-state index in [1.807, 2.05) is 20.8 Å². The highest BCUT2D eigenvalue weighted by atomic mass is 19.3. The van der Waals surface area contributed by atoms with Crippen molar-refractivity contribution in [3.05, 3.63) is 88.2 Å². The Hall–Kier alpha value is -3.25. The monoisotopic (exact) mass is 552 g/mol. The number of rotatable bonds is 5. The predicted molar refractivity (Wildman–Crippen MR) is 118 cm³/mol. The minimum atomic E-state index is -4.85. The summed E-state index contributed by atoms with van der Waals surface area (Å²) < 4.78 is 142. The van der Waals surface area contributed by atoms with Gasteiger partial charge in [-0.15, -0.1) is 0 Å². The van der Waals surface area contributed by atoms with E-state index in [4.69, 9.17) is 9.47 Å². The number of ether oxygens (including phenoxy) is 3. The zero-order valence-corrected chi connectivity index (χ0v) is 20.2. The van der Waals surface area contributed by atoms with Crippen molar-refractivity contribution in [2.75, 3.05) is 13.2 Å². The Morgan fingerprint density at radius 2 is 1.18 bits per heavy atom. The van der Waals surface area contributed by atoms with Gasteiger partial charge in [0.2, 0.25) is 0 Å². The van der Waals surface area contributed by atoms with Crippen molar-refractivity contribution >= 4 is 0 Å². The molecule has 1 fully saturated rings. The molecule has 1 heterocycles. The summed E-state index contributed by atoms with van der Waals surface area (Å²) in [4.78, 5) is 0. The fourth-order valence-corrected chi connectivity index (χ4v) is 3.58. The molecule has 3 nitrogen and oxygen atoms in total. The lowest BCUT2D eigenvalue weighted by molar-refractivity contribution is -0.202. The summed E-state index contributed by atoms with van der Waals surface area (Å²) in [5.41, 5.74) is -3.73. The van der Waals surface area contributed by atoms with Crippen molar-refractivity contribution in [1.29, 1.82) is 0 Å². The van der Waals surface area contributed by atoms with Gasteiger partial charge < -0.3 is 14.2 Å². The predicted octanol–water partition coefficient (Wildman–Crippen LogP) is 8.16. The maximum Gasteiger partial charge on any atom is 0.432 e. The van der Waals surface area contributed by atoms with Crippen LogP contribution in [0.1, 0.15) is 38.2 Å². The van der Waals surface area contributed by atoms with E-state index in [1.165, 1.54) is 0 Å². The molecule has 0 aromatic heterocycles. The van der Waals surface area contributed by atoms with Crippen LogP contribution in [0, 0.1) is 46.6 Å². The van der Waals surface area contributed by atoms with E-state index in [0.717, 1.165) is 12.1 Å². The van der Waals surface area contributed by atoms with E-state index in [0.29, 0.717) is 0 Å². The SMILES string of the molecule is CC.CC1COC(c2cc(F)c(-c3cc(F)c(C(F)(F)Oc4cc(F)c(F)c(F)c4)c(F)c3)c(F)c2)OC1. The Kier molecular flexibility index (Phi) is 8.98. The van der Waals surface area contributed by atoms with Crippen LogP contribution in [-0.4, -0.2) is 13.2 Å². The largest absolute Gasteiger partial charge is 0.432 e. The second-order valence-electron chi connectivity index (χ2n) is 8.10. The van der Waals surface area contributed by atoms with Gasteiger partial charge in [-0.05, 0) is 29.8 Å². The molecule has 206 valence electrons. The third-order valence-electron chi connectivity index (χ3n) is 5.23. The van der Waals surface area contributed by atoms with Crippen LogP contribution in [-0.2, 0) is 15.6 Å². The van der Waals surface area contributed by atoms with Crippen LogP contribution >= 0.6 is 0 Å². The van der Waals surface area contributed by atoms with Crippen molar-refractivity contribution in [3.63, 3.8) is 0 Å². The van der Waals surface area contributed by atoms with Crippen LogP contribution in [0.5, 0.6) is 5.75 Å². The van der Waals surface area contributed by atoms with Gasteiger partial charge in [0.25, 0.3) is 0 Å². The summed E-state index contributed by atoms with van der Waals surface area (Å²) in [7, 11) is 0. The van der Waals surface area contributed by atoms with Crippen LogP contribution in [0.4, 0.5) is 39.5 Å². The fraction of sp³-hybridized carbons (Fsp3) is 0.308. The molecular weight excluding hydrogens is 531 g/mol. The molecule has 4 rings (SSSR count). The summed E-state index contributed by atoms with van der Waals surface area (Å²) in [6.45, 7) is 6.36. The van der Waals surface area contributed by atoms with Crippen molar-refractivity contribution in [3.8, 4) is 16.9 Å². The Morgan fingerprint density at radius 1 is 0.711 bits per heavy atom. The summed E-state index contributed by atoms with van der Waals surface area (Å²) in [6, 6.07) is 2.19. The molecule has 12 heteroatoms. The summed E-state index contributed by atoms with van der Waals surface area (Å²) in [5, 5.41) is 0. The minimum absolute atomic E-state index is 0.0445. The Bertz CT molecular complexity index is 1240. The molecule has 1 aliphatic rings. The first-order chi connectivity index (χ1) is 17.9. The molecular formula is C26H21F9O3. The van der Waals surface area contributed by atoms with Crippen LogP contribution in [0.15, 0.2) is 36.4 Å². The maximum atomic E-state index is 14.8. The third kappa shape index (κ3) is 6.07. The molecule has 0 amide bonds. The Balaban J connectivity index is 0.00000195. The summed E-state index contributed by atoms with van der Waals surface area (Å²) >= 11 is 0. The van der Waals surface area contributed by atoms with E-state index in [-0.39, 0.29) is 49.0 Å². The smallest absolute Gasteiger partial charge is 0.429 e. The highest BCUT2D eigenvalue weighted by Gasteiger charge is 2.42. The van der Waals surface area contributed by atoms with Gasteiger partial charge in [0.15, 0.2) is 23.7 Å². The average Bonchev–Trinajstić information content (AvgIpc) is 2.83. The Labute approximate surface area is 211 Å². The first-order valence-corrected chi connectivity index (χ1v) is 11.3. The number of alkyl halides is 2. The van der Waals surface area contributed by atoms with Crippen molar-refractivity contribution in [2.24, 2.45) is 5.92 Å². The molecule has 0 spiro atoms. The highest BCUT2D eigenvalue weighted by molar-refractivity contribution is 5.66. The first-order valence-electron chi connectivity index (χ1n) is 11.3. The molecule has 0 unspecified atom stereocenters. The van der Waals surface area contributed by atoms with Gasteiger partial charge in [-0.1, -0.05) is 20.8 Å². The second kappa shape index (κ2) is 11.6. The topological polar surface area (TPSA) is 27.7 Å². The molecule has 38 heavy (non-hydrogen) atoms. The number of hydrogen-bond acceptors (Lipinski definition) is 3. The molecule has 0 saturated carbocycles. The highest BCUT2D eigenvalue weighted by Crippen LogP contribution is 2.39. The lowest BCUT2D eigenvalue weighted by Crippen LogP contribution is -2.25. The van der Waals surface area contributed by atoms with Gasteiger partial charge in [-0.3, -0.25) is 0 Å². The number of hydrogen-bond donors (Lipinski definition) is 0. The molecule has 0 bridgehead atoms. The quantitative estimate of drug-likeness (QED) is 0.236. The van der Waals surface area contributed by atoms with Crippen molar-refractivity contribution in [1.82, 2.24) is 0 Å². The summed E-state index contributed by atoms with van der Waals surface area (Å²) in [5.74, 6) is -13.5. The van der Waals surface area contributed by atoms with Crippen molar-refractivity contribution in [2.45, 2.75) is 33.2 Å².